The molecule has 0 amide bonds. The van der Waals surface area contributed by atoms with Gasteiger partial charge in [0, 0.05) is 12.1 Å². The van der Waals surface area contributed by atoms with E-state index >= 15 is 0 Å². The average molecular weight is 455 g/mol. The van der Waals surface area contributed by atoms with Gasteiger partial charge in [0.15, 0.2) is 11.9 Å². The molecule has 4 rings (SSSR count). The Morgan fingerprint density at radius 3 is 2.59 bits per heavy atom. The van der Waals surface area contributed by atoms with E-state index in [1.54, 1.807) is 0 Å². The standard InChI is InChI=1S/C28H26N2O4/c1-19-12-14-23(15-13-19)26(31)27-29-24-10-3-4-11-25(24)30(27)16-6-9-21-7-5-8-22(17-21)18-34-20(2)28(32)33/h3-15,17,20H,16,18H2,1-2H3,(H,32,33)/b9-6+/t20-/m0/s1. The second-order valence-electron chi connectivity index (χ2n) is 8.17. The number of ketones is 1. The molecule has 0 aliphatic carbocycles. The number of aromatic nitrogens is 2. The first kappa shape index (κ1) is 23.1. The van der Waals surface area contributed by atoms with Crippen LogP contribution in [0.1, 0.15) is 39.8 Å². The highest BCUT2D eigenvalue weighted by Crippen LogP contribution is 2.20. The number of allylic oxidation sites excluding steroid dienone is 1. The molecule has 34 heavy (non-hydrogen) atoms. The molecule has 0 fully saturated rings. The third-order valence-electron chi connectivity index (χ3n) is 5.57. The van der Waals surface area contributed by atoms with Crippen LogP contribution >= 0.6 is 0 Å². The van der Waals surface area contributed by atoms with Gasteiger partial charge in [-0.05, 0) is 43.2 Å². The minimum Gasteiger partial charge on any atom is -0.479 e. The highest BCUT2D eigenvalue weighted by Gasteiger charge is 2.18. The van der Waals surface area contributed by atoms with Gasteiger partial charge in [-0.1, -0.05) is 72.3 Å². The van der Waals surface area contributed by atoms with Crippen LogP contribution in [0.3, 0.4) is 0 Å². The second-order valence-corrected chi connectivity index (χ2v) is 8.17. The molecule has 1 heterocycles. The van der Waals surface area contributed by atoms with Crippen molar-refractivity contribution in [1.29, 1.82) is 0 Å². The smallest absolute Gasteiger partial charge is 0.332 e. The van der Waals surface area contributed by atoms with Crippen molar-refractivity contribution >= 4 is 28.9 Å². The summed E-state index contributed by atoms with van der Waals surface area (Å²) >= 11 is 0. The number of hydrogen-bond donors (Lipinski definition) is 1. The largest absolute Gasteiger partial charge is 0.479 e. The third-order valence-corrected chi connectivity index (χ3v) is 5.57. The highest BCUT2D eigenvalue weighted by molar-refractivity contribution is 6.08. The summed E-state index contributed by atoms with van der Waals surface area (Å²) in [6.45, 7) is 4.19. The molecule has 4 aromatic rings. The number of imidazole rings is 1. The number of aryl methyl sites for hydroxylation is 1. The molecule has 0 saturated heterocycles. The van der Waals surface area contributed by atoms with E-state index in [1.807, 2.05) is 96.4 Å². The maximum Gasteiger partial charge on any atom is 0.332 e. The zero-order chi connectivity index (χ0) is 24.1. The predicted molar refractivity (Wildman–Crippen MR) is 132 cm³/mol. The first-order chi connectivity index (χ1) is 16.4. The van der Waals surface area contributed by atoms with Crippen molar-refractivity contribution in [3.8, 4) is 0 Å². The lowest BCUT2D eigenvalue weighted by atomic mass is 10.1. The number of para-hydroxylation sites is 2. The first-order valence-electron chi connectivity index (χ1n) is 11.1. The molecule has 1 aromatic heterocycles. The fourth-order valence-corrected chi connectivity index (χ4v) is 3.64. The van der Waals surface area contributed by atoms with Crippen LogP contribution in [-0.2, 0) is 22.7 Å². The Bertz CT molecular complexity index is 1350. The number of carbonyl (C=O) groups is 2. The molecule has 1 N–H and O–H groups in total. The number of benzene rings is 3. The number of rotatable bonds is 9. The van der Waals surface area contributed by atoms with Crippen molar-refractivity contribution in [3.05, 3.63) is 107 Å². The zero-order valence-corrected chi connectivity index (χ0v) is 19.1. The lowest BCUT2D eigenvalue weighted by Crippen LogP contribution is -2.19. The number of carbonyl (C=O) groups excluding carboxylic acids is 1. The van der Waals surface area contributed by atoms with E-state index in [-0.39, 0.29) is 12.4 Å². The molecule has 6 heteroatoms. The molecule has 0 spiro atoms. The number of nitrogens with zero attached hydrogens (tertiary/aromatic N) is 2. The van der Waals surface area contributed by atoms with Crippen LogP contribution in [0.25, 0.3) is 17.1 Å². The van der Waals surface area contributed by atoms with E-state index < -0.39 is 12.1 Å². The van der Waals surface area contributed by atoms with Crippen LogP contribution in [-0.4, -0.2) is 32.5 Å². The van der Waals surface area contributed by atoms with Crippen molar-refractivity contribution in [2.45, 2.75) is 33.1 Å². The highest BCUT2D eigenvalue weighted by atomic mass is 16.5. The van der Waals surface area contributed by atoms with E-state index in [2.05, 4.69) is 4.98 Å². The molecular weight excluding hydrogens is 428 g/mol. The van der Waals surface area contributed by atoms with Crippen LogP contribution in [0.5, 0.6) is 0 Å². The SMILES string of the molecule is Cc1ccc(C(=O)c2nc3ccccc3n2C/C=C/c2cccc(CO[C@@H](C)C(=O)O)c2)cc1. The topological polar surface area (TPSA) is 81.4 Å². The van der Waals surface area contributed by atoms with Gasteiger partial charge in [-0.25, -0.2) is 9.78 Å². The van der Waals surface area contributed by atoms with E-state index in [4.69, 9.17) is 9.84 Å². The van der Waals surface area contributed by atoms with E-state index in [1.165, 1.54) is 6.92 Å². The average Bonchev–Trinajstić information content (AvgIpc) is 3.21. The summed E-state index contributed by atoms with van der Waals surface area (Å²) in [5.41, 5.74) is 5.22. The summed E-state index contributed by atoms with van der Waals surface area (Å²) in [5.74, 6) is -0.699. The normalized spacial score (nSPS) is 12.3. The van der Waals surface area contributed by atoms with E-state index in [9.17, 15) is 9.59 Å². The van der Waals surface area contributed by atoms with Gasteiger partial charge < -0.3 is 14.4 Å². The van der Waals surface area contributed by atoms with Crippen molar-refractivity contribution in [3.63, 3.8) is 0 Å². The van der Waals surface area contributed by atoms with Crippen molar-refractivity contribution in [2.75, 3.05) is 0 Å². The van der Waals surface area contributed by atoms with Crippen LogP contribution in [0.15, 0.2) is 78.9 Å². The molecule has 1 atom stereocenters. The maximum absolute atomic E-state index is 13.2. The Morgan fingerprint density at radius 2 is 1.82 bits per heavy atom. The number of carboxylic acid groups (broad SMARTS) is 1. The Balaban J connectivity index is 1.56. The quantitative estimate of drug-likeness (QED) is 0.348. The molecule has 3 aromatic carbocycles. The number of aliphatic carboxylic acids is 1. The lowest BCUT2D eigenvalue weighted by Gasteiger charge is -2.09. The van der Waals surface area contributed by atoms with E-state index in [0.29, 0.717) is 17.9 Å². The van der Waals surface area contributed by atoms with Crippen LogP contribution in [0.2, 0.25) is 0 Å². The zero-order valence-electron chi connectivity index (χ0n) is 19.1. The van der Waals surface area contributed by atoms with Gasteiger partial charge in [-0.3, -0.25) is 4.79 Å². The molecular formula is C28H26N2O4. The van der Waals surface area contributed by atoms with Crippen LogP contribution in [0, 0.1) is 6.92 Å². The van der Waals surface area contributed by atoms with Gasteiger partial charge in [0.1, 0.15) is 0 Å². The molecule has 0 aliphatic heterocycles. The molecule has 0 bridgehead atoms. The van der Waals surface area contributed by atoms with E-state index in [0.717, 1.165) is 27.7 Å². The third kappa shape index (κ3) is 5.30. The molecule has 0 radical (unpaired) electrons. The Morgan fingerprint density at radius 1 is 1.06 bits per heavy atom. The summed E-state index contributed by atoms with van der Waals surface area (Å²) in [6, 6.07) is 22.9. The molecule has 0 saturated carbocycles. The predicted octanol–water partition coefficient (Wildman–Crippen LogP) is 5.28. The van der Waals surface area contributed by atoms with Crippen LogP contribution < -0.4 is 0 Å². The number of hydrogen-bond acceptors (Lipinski definition) is 4. The monoisotopic (exact) mass is 454 g/mol. The Kier molecular flexibility index (Phi) is 6.99. The summed E-state index contributed by atoms with van der Waals surface area (Å²) in [4.78, 5) is 28.8. The molecule has 172 valence electrons. The van der Waals surface area contributed by atoms with Crippen molar-refractivity contribution in [1.82, 2.24) is 9.55 Å². The maximum atomic E-state index is 13.2. The fraction of sp³-hybridized carbons (Fsp3) is 0.179. The Hall–Kier alpha value is -4.03. The summed E-state index contributed by atoms with van der Waals surface area (Å²) in [7, 11) is 0. The summed E-state index contributed by atoms with van der Waals surface area (Å²) < 4.78 is 7.30. The molecule has 0 aliphatic rings. The fourth-order valence-electron chi connectivity index (χ4n) is 3.64. The molecule has 0 unspecified atom stereocenters. The minimum atomic E-state index is -0.986. The Labute approximate surface area is 198 Å². The van der Waals surface area contributed by atoms with Crippen molar-refractivity contribution < 1.29 is 19.4 Å². The van der Waals surface area contributed by atoms with Gasteiger partial charge in [0.2, 0.25) is 5.78 Å². The number of carboxylic acids is 1. The van der Waals surface area contributed by atoms with Gasteiger partial charge in [0.05, 0.1) is 17.6 Å². The van der Waals surface area contributed by atoms with Crippen LogP contribution in [0.4, 0.5) is 0 Å². The second kappa shape index (κ2) is 10.3. The number of fused-ring (bicyclic) bond motifs is 1. The number of ether oxygens (including phenoxy) is 1. The van der Waals surface area contributed by atoms with Gasteiger partial charge in [-0.15, -0.1) is 0 Å². The first-order valence-corrected chi connectivity index (χ1v) is 11.1. The minimum absolute atomic E-state index is 0.115. The van der Waals surface area contributed by atoms with Gasteiger partial charge in [-0.2, -0.15) is 0 Å². The summed E-state index contributed by atoms with van der Waals surface area (Å²) in [5, 5.41) is 8.98. The van der Waals surface area contributed by atoms with Gasteiger partial charge >= 0.3 is 5.97 Å². The van der Waals surface area contributed by atoms with Gasteiger partial charge in [0.25, 0.3) is 0 Å². The summed E-state index contributed by atoms with van der Waals surface area (Å²) in [6.07, 6.45) is 3.09. The lowest BCUT2D eigenvalue weighted by molar-refractivity contribution is -0.149. The molecule has 6 nitrogen and oxygen atoms in total. The van der Waals surface area contributed by atoms with Crippen molar-refractivity contribution in [2.24, 2.45) is 0 Å².